The molecule has 1 fully saturated rings. The van der Waals surface area contributed by atoms with Gasteiger partial charge in [-0.05, 0) is 49.9 Å². The maximum Gasteiger partial charge on any atom is 0.128 e. The first-order valence-electron chi connectivity index (χ1n) is 6.09. The molecule has 0 aromatic heterocycles. The van der Waals surface area contributed by atoms with E-state index in [1.807, 2.05) is 0 Å². The molecule has 0 spiro atoms. The van der Waals surface area contributed by atoms with Crippen LogP contribution in [0.4, 0.5) is 10.1 Å². The van der Waals surface area contributed by atoms with Crippen LogP contribution in [0.2, 0.25) is 0 Å². The monoisotopic (exact) mass is 221 g/mol. The number of anilines is 1. The SMILES string of the molecule is Cc1cc(C)cc(NCC2(F)CCCC2)c1. The lowest BCUT2D eigenvalue weighted by Crippen LogP contribution is -2.28. The van der Waals surface area contributed by atoms with Gasteiger partial charge in [-0.25, -0.2) is 4.39 Å². The van der Waals surface area contributed by atoms with E-state index in [4.69, 9.17) is 0 Å². The van der Waals surface area contributed by atoms with Crippen molar-refractivity contribution >= 4 is 5.69 Å². The van der Waals surface area contributed by atoms with E-state index in [0.717, 1.165) is 18.5 Å². The van der Waals surface area contributed by atoms with E-state index in [1.54, 1.807) is 0 Å². The van der Waals surface area contributed by atoms with E-state index in [1.165, 1.54) is 11.1 Å². The maximum atomic E-state index is 14.1. The Morgan fingerprint density at radius 1 is 1.12 bits per heavy atom. The van der Waals surface area contributed by atoms with Crippen molar-refractivity contribution in [3.05, 3.63) is 29.3 Å². The minimum absolute atomic E-state index is 0.454. The predicted octanol–water partition coefficient (Wildman–Crippen LogP) is 4.00. The van der Waals surface area contributed by atoms with Crippen molar-refractivity contribution in [3.8, 4) is 0 Å². The molecule has 0 bridgehead atoms. The van der Waals surface area contributed by atoms with Gasteiger partial charge in [0.05, 0.1) is 0 Å². The first kappa shape index (κ1) is 11.4. The van der Waals surface area contributed by atoms with Gasteiger partial charge >= 0.3 is 0 Å². The van der Waals surface area contributed by atoms with Crippen LogP contribution in [0.25, 0.3) is 0 Å². The number of alkyl halides is 1. The summed E-state index contributed by atoms with van der Waals surface area (Å²) in [5.41, 5.74) is 2.52. The van der Waals surface area contributed by atoms with E-state index in [2.05, 4.69) is 37.4 Å². The van der Waals surface area contributed by atoms with Crippen LogP contribution in [-0.4, -0.2) is 12.2 Å². The second-order valence-electron chi connectivity index (χ2n) is 5.09. The molecule has 1 saturated carbocycles. The Bertz CT molecular complexity index is 347. The lowest BCUT2D eigenvalue weighted by atomic mass is 10.0. The average Bonchev–Trinajstić information content (AvgIpc) is 2.62. The molecule has 1 N–H and O–H groups in total. The summed E-state index contributed by atoms with van der Waals surface area (Å²) >= 11 is 0. The van der Waals surface area contributed by atoms with Crippen molar-refractivity contribution < 1.29 is 4.39 Å². The second kappa shape index (κ2) is 4.44. The fraction of sp³-hybridized carbons (Fsp3) is 0.571. The minimum atomic E-state index is -0.975. The molecular weight excluding hydrogens is 201 g/mol. The van der Waals surface area contributed by atoms with Gasteiger partial charge in [0.1, 0.15) is 5.67 Å². The molecule has 1 aromatic carbocycles. The van der Waals surface area contributed by atoms with Crippen LogP contribution in [0, 0.1) is 13.8 Å². The van der Waals surface area contributed by atoms with Gasteiger partial charge in [-0.1, -0.05) is 18.9 Å². The third-order valence-corrected chi connectivity index (χ3v) is 3.33. The molecule has 88 valence electrons. The number of rotatable bonds is 3. The Hall–Kier alpha value is -1.05. The van der Waals surface area contributed by atoms with Crippen molar-refractivity contribution in [2.45, 2.75) is 45.2 Å². The molecule has 1 aliphatic rings. The fourth-order valence-corrected chi connectivity index (χ4v) is 2.52. The van der Waals surface area contributed by atoms with E-state index in [0.29, 0.717) is 19.4 Å². The smallest absolute Gasteiger partial charge is 0.128 e. The summed E-state index contributed by atoms with van der Waals surface area (Å²) in [6, 6.07) is 6.28. The van der Waals surface area contributed by atoms with Crippen molar-refractivity contribution in [3.63, 3.8) is 0 Å². The third kappa shape index (κ3) is 2.75. The highest BCUT2D eigenvalue weighted by Gasteiger charge is 2.33. The third-order valence-electron chi connectivity index (χ3n) is 3.33. The Balaban J connectivity index is 1.98. The van der Waals surface area contributed by atoms with Gasteiger partial charge in [-0.3, -0.25) is 0 Å². The predicted molar refractivity (Wildman–Crippen MR) is 66.7 cm³/mol. The molecule has 0 amide bonds. The molecule has 1 aliphatic carbocycles. The summed E-state index contributed by atoms with van der Waals surface area (Å²) in [5, 5.41) is 3.23. The molecular formula is C14H20FN. The van der Waals surface area contributed by atoms with Crippen LogP contribution >= 0.6 is 0 Å². The van der Waals surface area contributed by atoms with Gasteiger partial charge in [0.15, 0.2) is 0 Å². The molecule has 1 aromatic rings. The van der Waals surface area contributed by atoms with Crippen molar-refractivity contribution in [2.24, 2.45) is 0 Å². The van der Waals surface area contributed by atoms with Crippen molar-refractivity contribution in [1.82, 2.24) is 0 Å². The second-order valence-corrected chi connectivity index (χ2v) is 5.09. The molecule has 0 saturated heterocycles. The molecule has 0 aliphatic heterocycles. The molecule has 0 heterocycles. The number of aryl methyl sites for hydroxylation is 2. The zero-order chi connectivity index (χ0) is 11.6. The van der Waals surface area contributed by atoms with Gasteiger partial charge in [0.25, 0.3) is 0 Å². The van der Waals surface area contributed by atoms with E-state index >= 15 is 0 Å². The highest BCUT2D eigenvalue weighted by molar-refractivity contribution is 5.48. The summed E-state index contributed by atoms with van der Waals surface area (Å²) in [7, 11) is 0. The van der Waals surface area contributed by atoms with Crippen molar-refractivity contribution in [2.75, 3.05) is 11.9 Å². The van der Waals surface area contributed by atoms with Crippen LogP contribution in [0.15, 0.2) is 18.2 Å². The van der Waals surface area contributed by atoms with Crippen LogP contribution < -0.4 is 5.32 Å². The van der Waals surface area contributed by atoms with Crippen LogP contribution in [0.3, 0.4) is 0 Å². The molecule has 0 atom stereocenters. The number of nitrogens with one attached hydrogen (secondary N) is 1. The van der Waals surface area contributed by atoms with Gasteiger partial charge in [0, 0.05) is 12.2 Å². The van der Waals surface area contributed by atoms with E-state index in [9.17, 15) is 4.39 Å². The van der Waals surface area contributed by atoms with Gasteiger partial charge in [-0.15, -0.1) is 0 Å². The summed E-state index contributed by atoms with van der Waals surface area (Å²) < 4.78 is 14.1. The quantitative estimate of drug-likeness (QED) is 0.813. The highest BCUT2D eigenvalue weighted by atomic mass is 19.1. The summed E-state index contributed by atoms with van der Waals surface area (Å²) in [6.07, 6.45) is 3.49. The lowest BCUT2D eigenvalue weighted by Gasteiger charge is -2.20. The Morgan fingerprint density at radius 2 is 1.69 bits per heavy atom. The largest absolute Gasteiger partial charge is 0.382 e. The van der Waals surface area contributed by atoms with Gasteiger partial charge < -0.3 is 5.32 Å². The standard InChI is InChI=1S/C14H20FN/c1-11-7-12(2)9-13(8-11)16-10-14(15)5-3-4-6-14/h7-9,16H,3-6,10H2,1-2H3. The molecule has 1 nitrogen and oxygen atoms in total. The zero-order valence-electron chi connectivity index (χ0n) is 10.1. The van der Waals surface area contributed by atoms with Crippen molar-refractivity contribution in [1.29, 1.82) is 0 Å². The van der Waals surface area contributed by atoms with Gasteiger partial charge in [-0.2, -0.15) is 0 Å². The van der Waals surface area contributed by atoms with Gasteiger partial charge in [0.2, 0.25) is 0 Å². The first-order chi connectivity index (χ1) is 7.57. The summed E-state index contributed by atoms with van der Waals surface area (Å²) in [6.45, 7) is 4.59. The lowest BCUT2D eigenvalue weighted by molar-refractivity contribution is 0.190. The van der Waals surface area contributed by atoms with Crippen LogP contribution in [-0.2, 0) is 0 Å². The van der Waals surface area contributed by atoms with E-state index in [-0.39, 0.29) is 0 Å². The maximum absolute atomic E-state index is 14.1. The number of halogens is 1. The number of benzene rings is 1. The minimum Gasteiger partial charge on any atom is -0.382 e. The Labute approximate surface area is 97.1 Å². The highest BCUT2D eigenvalue weighted by Crippen LogP contribution is 2.33. The zero-order valence-corrected chi connectivity index (χ0v) is 10.1. The molecule has 0 radical (unpaired) electrons. The normalized spacial score (nSPS) is 18.7. The number of hydrogen-bond acceptors (Lipinski definition) is 1. The average molecular weight is 221 g/mol. The molecule has 0 unspecified atom stereocenters. The summed E-state index contributed by atoms with van der Waals surface area (Å²) in [5.74, 6) is 0. The topological polar surface area (TPSA) is 12.0 Å². The molecule has 2 rings (SSSR count). The Kier molecular flexibility index (Phi) is 3.17. The first-order valence-corrected chi connectivity index (χ1v) is 6.09. The fourth-order valence-electron chi connectivity index (χ4n) is 2.52. The summed E-state index contributed by atoms with van der Waals surface area (Å²) in [4.78, 5) is 0. The van der Waals surface area contributed by atoms with Crippen LogP contribution in [0.1, 0.15) is 36.8 Å². The van der Waals surface area contributed by atoms with E-state index < -0.39 is 5.67 Å². The Morgan fingerprint density at radius 3 is 2.25 bits per heavy atom. The molecule has 16 heavy (non-hydrogen) atoms. The number of hydrogen-bond donors (Lipinski definition) is 1. The molecule has 2 heteroatoms. The van der Waals surface area contributed by atoms with Crippen LogP contribution in [0.5, 0.6) is 0 Å².